The molecule has 1 aliphatic heterocycles. The molecule has 1 heterocycles. The van der Waals surface area contributed by atoms with E-state index in [0.717, 1.165) is 24.3 Å². The molecule has 24 heavy (non-hydrogen) atoms. The highest BCUT2D eigenvalue weighted by atomic mass is 16.1. The maximum atomic E-state index is 12.1. The van der Waals surface area contributed by atoms with E-state index in [1.807, 2.05) is 42.5 Å². The highest BCUT2D eigenvalue weighted by molar-refractivity contribution is 5.92. The lowest BCUT2D eigenvalue weighted by molar-refractivity contribution is -0.898. The van der Waals surface area contributed by atoms with Crippen molar-refractivity contribution in [2.24, 2.45) is 0 Å². The van der Waals surface area contributed by atoms with Gasteiger partial charge in [0, 0.05) is 11.4 Å². The van der Waals surface area contributed by atoms with Gasteiger partial charge in [0.05, 0.1) is 39.1 Å². The standard InChI is InChI=1S/C20H25N3O/c1-2-22-12-14-23(15-13-22)19-10-8-18(9-11-19)21-20(24)16-17-6-4-3-5-7-17/h3-11H,2,12-16H2,1H3,(H,21,24)/p+1. The number of carbonyl (C=O) groups is 1. The Hall–Kier alpha value is -2.33. The Morgan fingerprint density at radius 3 is 2.33 bits per heavy atom. The molecule has 126 valence electrons. The van der Waals surface area contributed by atoms with Crippen LogP contribution in [0.5, 0.6) is 0 Å². The molecule has 0 aromatic heterocycles. The highest BCUT2D eigenvalue weighted by Gasteiger charge is 2.18. The zero-order valence-corrected chi connectivity index (χ0v) is 14.3. The number of rotatable bonds is 5. The Morgan fingerprint density at radius 1 is 1.04 bits per heavy atom. The number of hydrogen-bond donors (Lipinski definition) is 2. The fourth-order valence-electron chi connectivity index (χ4n) is 3.18. The van der Waals surface area contributed by atoms with E-state index in [9.17, 15) is 4.79 Å². The number of quaternary nitrogens is 1. The minimum absolute atomic E-state index is 0.0223. The van der Waals surface area contributed by atoms with Gasteiger partial charge in [-0.1, -0.05) is 30.3 Å². The molecular formula is C20H26N3O+. The normalized spacial score (nSPS) is 15.3. The number of amides is 1. The molecule has 0 unspecified atom stereocenters. The molecular weight excluding hydrogens is 298 g/mol. The first-order valence-corrected chi connectivity index (χ1v) is 8.77. The molecule has 0 atom stereocenters. The minimum Gasteiger partial charge on any atom is -0.360 e. The molecule has 2 aromatic rings. The van der Waals surface area contributed by atoms with Gasteiger partial charge in [-0.15, -0.1) is 0 Å². The minimum atomic E-state index is 0.0223. The maximum Gasteiger partial charge on any atom is 0.228 e. The smallest absolute Gasteiger partial charge is 0.228 e. The van der Waals surface area contributed by atoms with Crippen molar-refractivity contribution in [2.75, 3.05) is 42.9 Å². The van der Waals surface area contributed by atoms with E-state index in [0.29, 0.717) is 6.42 Å². The number of piperazine rings is 1. The Morgan fingerprint density at radius 2 is 1.71 bits per heavy atom. The summed E-state index contributed by atoms with van der Waals surface area (Å²) < 4.78 is 0. The summed E-state index contributed by atoms with van der Waals surface area (Å²) in [6.45, 7) is 8.06. The van der Waals surface area contributed by atoms with Crippen molar-refractivity contribution in [3.05, 3.63) is 60.2 Å². The molecule has 3 rings (SSSR count). The van der Waals surface area contributed by atoms with Crippen LogP contribution in [-0.2, 0) is 11.2 Å². The van der Waals surface area contributed by atoms with Gasteiger partial charge in [0.15, 0.2) is 0 Å². The third kappa shape index (κ3) is 4.36. The number of nitrogens with zero attached hydrogens (tertiary/aromatic N) is 1. The van der Waals surface area contributed by atoms with Crippen molar-refractivity contribution in [2.45, 2.75) is 13.3 Å². The molecule has 0 bridgehead atoms. The Kier molecular flexibility index (Phi) is 5.49. The molecule has 1 aliphatic rings. The SMILES string of the molecule is CC[NH+]1CCN(c2ccc(NC(=O)Cc3ccccc3)cc2)CC1. The average molecular weight is 324 g/mol. The first-order valence-electron chi connectivity index (χ1n) is 8.77. The summed E-state index contributed by atoms with van der Waals surface area (Å²) in [4.78, 5) is 16.2. The summed E-state index contributed by atoms with van der Waals surface area (Å²) in [6.07, 6.45) is 0.407. The van der Waals surface area contributed by atoms with Crippen LogP contribution in [0.4, 0.5) is 11.4 Å². The quantitative estimate of drug-likeness (QED) is 0.876. The Labute approximate surface area is 144 Å². The van der Waals surface area contributed by atoms with Crippen molar-refractivity contribution in [3.63, 3.8) is 0 Å². The van der Waals surface area contributed by atoms with Gasteiger partial charge < -0.3 is 15.1 Å². The summed E-state index contributed by atoms with van der Waals surface area (Å²) >= 11 is 0. The van der Waals surface area contributed by atoms with Gasteiger partial charge >= 0.3 is 0 Å². The first kappa shape index (κ1) is 16.5. The predicted molar refractivity (Wildman–Crippen MR) is 98.7 cm³/mol. The summed E-state index contributed by atoms with van der Waals surface area (Å²) in [5, 5.41) is 2.98. The summed E-state index contributed by atoms with van der Waals surface area (Å²) in [7, 11) is 0. The van der Waals surface area contributed by atoms with E-state index >= 15 is 0 Å². The Balaban J connectivity index is 1.54. The number of likely N-dealkylation sites (N-methyl/N-ethyl adjacent to an activating group) is 1. The van der Waals surface area contributed by atoms with Crippen LogP contribution in [0.2, 0.25) is 0 Å². The number of anilines is 2. The Bertz CT molecular complexity index is 646. The van der Waals surface area contributed by atoms with Gasteiger partial charge in [0.25, 0.3) is 0 Å². The van der Waals surface area contributed by atoms with Crippen molar-refractivity contribution in [1.82, 2.24) is 0 Å². The molecule has 0 aliphatic carbocycles. The predicted octanol–water partition coefficient (Wildman–Crippen LogP) is 1.59. The molecule has 0 saturated carbocycles. The molecule has 1 fully saturated rings. The molecule has 0 spiro atoms. The third-order valence-corrected chi connectivity index (χ3v) is 4.69. The van der Waals surface area contributed by atoms with Gasteiger partial charge in [-0.3, -0.25) is 4.79 Å². The van der Waals surface area contributed by atoms with Crippen LogP contribution >= 0.6 is 0 Å². The van der Waals surface area contributed by atoms with Gasteiger partial charge in [-0.05, 0) is 36.8 Å². The largest absolute Gasteiger partial charge is 0.360 e. The second kappa shape index (κ2) is 7.97. The van der Waals surface area contributed by atoms with Crippen LogP contribution in [0.15, 0.2) is 54.6 Å². The van der Waals surface area contributed by atoms with Gasteiger partial charge in [0.2, 0.25) is 5.91 Å². The molecule has 2 aromatic carbocycles. The van der Waals surface area contributed by atoms with Crippen LogP contribution < -0.4 is 15.1 Å². The van der Waals surface area contributed by atoms with Crippen LogP contribution in [0.3, 0.4) is 0 Å². The number of hydrogen-bond acceptors (Lipinski definition) is 2. The zero-order chi connectivity index (χ0) is 16.8. The fraction of sp³-hybridized carbons (Fsp3) is 0.350. The lowest BCUT2D eigenvalue weighted by Gasteiger charge is -2.33. The summed E-state index contributed by atoms with van der Waals surface area (Å²) in [5.41, 5.74) is 3.13. The van der Waals surface area contributed by atoms with Crippen LogP contribution in [0.1, 0.15) is 12.5 Å². The maximum absolute atomic E-state index is 12.1. The summed E-state index contributed by atoms with van der Waals surface area (Å²) in [6, 6.07) is 18.0. The molecule has 1 amide bonds. The second-order valence-corrected chi connectivity index (χ2v) is 6.35. The van der Waals surface area contributed by atoms with Crippen molar-refractivity contribution >= 4 is 17.3 Å². The van der Waals surface area contributed by atoms with E-state index in [-0.39, 0.29) is 5.91 Å². The molecule has 4 heteroatoms. The van der Waals surface area contributed by atoms with Crippen LogP contribution in [0, 0.1) is 0 Å². The van der Waals surface area contributed by atoms with E-state index < -0.39 is 0 Å². The fourth-order valence-corrected chi connectivity index (χ4v) is 3.18. The third-order valence-electron chi connectivity index (χ3n) is 4.69. The van der Waals surface area contributed by atoms with E-state index in [1.54, 1.807) is 4.90 Å². The van der Waals surface area contributed by atoms with Gasteiger partial charge in [0.1, 0.15) is 0 Å². The van der Waals surface area contributed by atoms with Crippen molar-refractivity contribution < 1.29 is 9.69 Å². The lowest BCUT2D eigenvalue weighted by Crippen LogP contribution is -3.14. The number of benzene rings is 2. The topological polar surface area (TPSA) is 36.8 Å². The van der Waals surface area contributed by atoms with Crippen molar-refractivity contribution in [3.8, 4) is 0 Å². The molecule has 4 nitrogen and oxygen atoms in total. The molecule has 1 saturated heterocycles. The van der Waals surface area contributed by atoms with Crippen molar-refractivity contribution in [1.29, 1.82) is 0 Å². The summed E-state index contributed by atoms with van der Waals surface area (Å²) in [5.74, 6) is 0.0223. The molecule has 2 N–H and O–H groups in total. The highest BCUT2D eigenvalue weighted by Crippen LogP contribution is 2.18. The molecule has 0 radical (unpaired) electrons. The van der Waals surface area contributed by atoms with Gasteiger partial charge in [-0.2, -0.15) is 0 Å². The second-order valence-electron chi connectivity index (χ2n) is 6.35. The van der Waals surface area contributed by atoms with E-state index in [1.165, 1.54) is 25.3 Å². The average Bonchev–Trinajstić information content (AvgIpc) is 2.63. The van der Waals surface area contributed by atoms with Crippen LogP contribution in [-0.4, -0.2) is 38.6 Å². The van der Waals surface area contributed by atoms with Gasteiger partial charge in [-0.25, -0.2) is 0 Å². The first-order chi connectivity index (χ1) is 11.7. The number of carbonyl (C=O) groups excluding carboxylic acids is 1. The van der Waals surface area contributed by atoms with Crippen LogP contribution in [0.25, 0.3) is 0 Å². The lowest BCUT2D eigenvalue weighted by atomic mass is 10.1. The zero-order valence-electron chi connectivity index (χ0n) is 14.3. The number of nitrogens with one attached hydrogen (secondary N) is 2. The monoisotopic (exact) mass is 324 g/mol. The van der Waals surface area contributed by atoms with E-state index in [4.69, 9.17) is 0 Å². The van der Waals surface area contributed by atoms with E-state index in [2.05, 4.69) is 29.3 Å².